The van der Waals surface area contributed by atoms with Crippen LogP contribution in [0.2, 0.25) is 0 Å². The molecule has 2 atom stereocenters. The molecule has 3 saturated heterocycles. The van der Waals surface area contributed by atoms with Crippen LogP contribution in [-0.2, 0) is 42.9 Å². The molecule has 3 N–H and O–H groups in total. The van der Waals surface area contributed by atoms with Gasteiger partial charge in [-0.05, 0) is 178 Å². The van der Waals surface area contributed by atoms with Crippen LogP contribution in [0.1, 0.15) is 124 Å². The number of amides is 3. The lowest BCUT2D eigenvalue weighted by atomic mass is 10.0. The summed E-state index contributed by atoms with van der Waals surface area (Å²) in [6.45, 7) is 4.83. The summed E-state index contributed by atoms with van der Waals surface area (Å²) in [6.07, 6.45) is 8.14. The molecule has 113 heavy (non-hydrogen) atoms. The number of likely N-dealkylation sites (tertiary alicyclic amines) is 3. The first-order chi connectivity index (χ1) is 54.3. The quantitative estimate of drug-likeness (QED) is 0.0677. The van der Waals surface area contributed by atoms with Gasteiger partial charge in [0, 0.05) is 148 Å². The summed E-state index contributed by atoms with van der Waals surface area (Å²) < 4.78 is 135. The van der Waals surface area contributed by atoms with Crippen molar-refractivity contribution in [1.29, 1.82) is 0 Å². The third kappa shape index (κ3) is 20.1. The second-order valence-electron chi connectivity index (χ2n) is 26.9. The molecule has 0 spiro atoms. The molecule has 9 aromatic heterocycles. The average molecular weight is 1540 g/mol. The minimum absolute atomic E-state index is 0.0214. The molecule has 0 radical (unpaired) electrons. The fraction of sp³-hybridized carbons (Fsp3) is 0.259. The third-order valence-electron chi connectivity index (χ3n) is 18.8. The number of carbonyl (C=O) groups excluding carboxylic acids is 3. The van der Waals surface area contributed by atoms with Crippen LogP contribution in [0, 0.1) is 35.5 Å². The van der Waals surface area contributed by atoms with Crippen LogP contribution < -0.4 is 16.0 Å². The Kier molecular flexibility index (Phi) is 24.0. The number of alkyl halides is 9. The second-order valence-corrected chi connectivity index (χ2v) is 26.9. The molecule has 3 aromatic carbocycles. The number of fused-ring (bicyclic) bond motifs is 3. The van der Waals surface area contributed by atoms with E-state index in [1.807, 2.05) is 28.8 Å². The number of rotatable bonds is 14. The van der Waals surface area contributed by atoms with Crippen molar-refractivity contribution < 1.29 is 58.6 Å². The van der Waals surface area contributed by atoms with Gasteiger partial charge in [-0.2, -0.15) is 54.8 Å². The maximum absolute atomic E-state index is 13.9. The number of aromatic nitrogens is 12. The molecule has 32 heteroatoms. The molecule has 3 aliphatic heterocycles. The highest BCUT2D eigenvalue weighted by atomic mass is 19.4. The summed E-state index contributed by atoms with van der Waals surface area (Å²) in [6, 6.07) is 27.3. The number of imidazole rings is 3. The van der Waals surface area contributed by atoms with Crippen LogP contribution in [0.4, 0.5) is 56.6 Å². The van der Waals surface area contributed by atoms with Crippen molar-refractivity contribution in [2.45, 2.75) is 76.0 Å². The molecule has 12 aromatic rings. The van der Waals surface area contributed by atoms with Gasteiger partial charge in [0.05, 0.1) is 58.1 Å². The van der Waals surface area contributed by atoms with Crippen molar-refractivity contribution in [2.75, 3.05) is 76.4 Å². The maximum Gasteiger partial charge on any atom is 0.416 e. The second kappa shape index (κ2) is 34.7. The molecule has 12 heterocycles. The molecule has 0 aliphatic carbocycles. The summed E-state index contributed by atoms with van der Waals surface area (Å²) >= 11 is 0. The van der Waals surface area contributed by atoms with Crippen LogP contribution in [0.15, 0.2) is 184 Å². The Hall–Kier alpha value is -12.8. The number of nitrogens with zero attached hydrogens (tertiary/aromatic N) is 16. The lowest BCUT2D eigenvalue weighted by Gasteiger charge is -2.22. The molecule has 0 unspecified atom stereocenters. The SMILES string of the molecule is CN(C)[C@H]1CCN(Cc2ccc(NC(=O)c3cncc(C#Cc4cnc5cccnn45)c3)cc2C(F)(F)F)C1.CO[C@H]1CCN(Cc2ccc(NC(=O)c3cncc(C#Cc4cnc5cccnn45)c3)cc2C(F)(F)F)C1.O=C(Nc1ccc(CN2CCCC2)c(C(F)(F)F)c1)c1cncc(C#Cc2cnc3cccnn23)c1. The summed E-state index contributed by atoms with van der Waals surface area (Å²) in [5.74, 6) is 15.9. The molecular formula is C81H70F9N19O4. The van der Waals surface area contributed by atoms with Crippen molar-refractivity contribution >= 4 is 51.7 Å². The average Bonchev–Trinajstić information content (AvgIpc) is 1.73. The normalized spacial score (nSPS) is 15.3. The van der Waals surface area contributed by atoms with Gasteiger partial charge in [0.1, 0.15) is 17.1 Å². The Bertz CT molecular complexity index is 5680. The van der Waals surface area contributed by atoms with Crippen molar-refractivity contribution in [3.8, 4) is 35.5 Å². The van der Waals surface area contributed by atoms with Crippen LogP contribution >= 0.6 is 0 Å². The zero-order valence-corrected chi connectivity index (χ0v) is 60.9. The molecule has 3 fully saturated rings. The summed E-state index contributed by atoms with van der Waals surface area (Å²) in [5.41, 5.74) is 3.90. The Morgan fingerprint density at radius 1 is 0.442 bits per heavy atom. The van der Waals surface area contributed by atoms with Crippen LogP contribution in [-0.4, -0.2) is 169 Å². The number of anilines is 3. The number of benzene rings is 3. The number of hydrogen-bond donors (Lipinski definition) is 3. The molecule has 15 rings (SSSR count). The number of nitrogens with one attached hydrogen (secondary N) is 3. The Labute approximate surface area is 641 Å². The van der Waals surface area contributed by atoms with Crippen molar-refractivity contribution in [3.05, 3.63) is 267 Å². The van der Waals surface area contributed by atoms with Gasteiger partial charge in [-0.15, -0.1) is 0 Å². The van der Waals surface area contributed by atoms with E-state index < -0.39 is 52.9 Å². The Morgan fingerprint density at radius 3 is 1.13 bits per heavy atom. The number of halogens is 9. The zero-order valence-electron chi connectivity index (χ0n) is 60.9. The number of pyridine rings is 3. The summed E-state index contributed by atoms with van der Waals surface area (Å²) in [5, 5.41) is 20.2. The first-order valence-electron chi connectivity index (χ1n) is 35.5. The number of methoxy groups -OCH3 is 1. The van der Waals surface area contributed by atoms with Gasteiger partial charge in [-0.1, -0.05) is 36.0 Å². The van der Waals surface area contributed by atoms with Gasteiger partial charge in [-0.3, -0.25) is 44.0 Å². The van der Waals surface area contributed by atoms with Gasteiger partial charge < -0.3 is 25.6 Å². The highest BCUT2D eigenvalue weighted by Crippen LogP contribution is 2.38. The van der Waals surface area contributed by atoms with E-state index in [0.717, 1.165) is 63.5 Å². The molecule has 0 bridgehead atoms. The van der Waals surface area contributed by atoms with Gasteiger partial charge in [0.2, 0.25) is 0 Å². The van der Waals surface area contributed by atoms with E-state index in [2.05, 4.69) is 102 Å². The van der Waals surface area contributed by atoms with Gasteiger partial charge in [0.25, 0.3) is 17.7 Å². The molecule has 576 valence electrons. The van der Waals surface area contributed by atoms with Crippen molar-refractivity contribution in [2.24, 2.45) is 0 Å². The Balaban J connectivity index is 0.000000148. The van der Waals surface area contributed by atoms with E-state index in [0.29, 0.717) is 76.4 Å². The smallest absolute Gasteiger partial charge is 0.380 e. The van der Waals surface area contributed by atoms with E-state index in [1.165, 1.54) is 91.8 Å². The molecule has 3 aliphatic rings. The lowest BCUT2D eigenvalue weighted by Crippen LogP contribution is -2.31. The summed E-state index contributed by atoms with van der Waals surface area (Å²) in [7, 11) is 5.55. The van der Waals surface area contributed by atoms with Crippen LogP contribution in [0.25, 0.3) is 16.9 Å². The number of likely N-dealkylation sites (N-methyl/N-ethyl adjacent to an activating group) is 1. The van der Waals surface area contributed by atoms with Gasteiger partial charge >= 0.3 is 18.5 Å². The largest absolute Gasteiger partial charge is 0.416 e. The first kappa shape index (κ1) is 78.4. The van der Waals surface area contributed by atoms with Crippen molar-refractivity contribution in [3.63, 3.8) is 0 Å². The first-order valence-corrected chi connectivity index (χ1v) is 35.5. The number of hydrogen-bond acceptors (Lipinski definition) is 17. The minimum atomic E-state index is -4.57. The third-order valence-corrected chi connectivity index (χ3v) is 18.8. The standard InChI is InChI=1S/C28H26F3N7O.C27H23F3N6O2.C26H21F3N6O/c1-36(2)24-9-11-37(18-24)17-20-6-7-22(13-25(20)28(29,30)31)35-27(39)21-12-19(14-32-15-21)5-8-23-16-33-26-4-3-10-34-38(23)26;1-38-23-8-10-35(17-23)16-19-5-6-21(12-24(19)27(28,29)30)34-26(37)20-11-18(13-31-14-20)4-7-22-15-32-25-3-2-9-33-36(22)25;27-26(28,29)23-13-21(7-6-19(23)17-34-10-1-2-11-34)33-25(36)20-12-18(14-30-15-20)5-8-22-16-31-24-4-3-9-32-35(22)24/h3-4,6-7,10,12-16,24H,9,11,17-18H2,1-2H3,(H,35,39);2-3,5-6,9,11-15,23H,8,10,16-17H2,1H3,(H,34,37);3-4,6-7,9,12-16H,1-2,10-11,17H2,(H,33,36)/t24-;23-;/m00./s1. The minimum Gasteiger partial charge on any atom is -0.380 e. The summed E-state index contributed by atoms with van der Waals surface area (Å²) in [4.78, 5) is 71.4. The number of ether oxygens (including phenoxy) is 1. The number of carbonyl (C=O) groups is 3. The van der Waals surface area contributed by atoms with E-state index >= 15 is 0 Å². The zero-order chi connectivity index (χ0) is 79.4. The fourth-order valence-corrected chi connectivity index (χ4v) is 13.0. The van der Waals surface area contributed by atoms with E-state index in [4.69, 9.17) is 4.74 Å². The Morgan fingerprint density at radius 2 is 0.796 bits per heavy atom. The molecule has 23 nitrogen and oxygen atoms in total. The molecule has 3 amide bonds. The predicted octanol–water partition coefficient (Wildman–Crippen LogP) is 12.3. The van der Waals surface area contributed by atoms with E-state index in [1.54, 1.807) is 94.2 Å². The predicted molar refractivity (Wildman–Crippen MR) is 400 cm³/mol. The van der Waals surface area contributed by atoms with Gasteiger partial charge in [-0.25, -0.2) is 28.5 Å². The lowest BCUT2D eigenvalue weighted by molar-refractivity contribution is -0.139. The van der Waals surface area contributed by atoms with E-state index in [9.17, 15) is 53.9 Å². The van der Waals surface area contributed by atoms with Crippen LogP contribution in [0.3, 0.4) is 0 Å². The molecular weight excluding hydrogens is 1470 g/mol. The maximum atomic E-state index is 13.9. The monoisotopic (exact) mass is 1540 g/mol. The van der Waals surface area contributed by atoms with Gasteiger partial charge in [0.15, 0.2) is 16.9 Å². The highest BCUT2D eigenvalue weighted by molar-refractivity contribution is 6.05. The topological polar surface area (TPSA) is 239 Å². The van der Waals surface area contributed by atoms with E-state index in [-0.39, 0.29) is 76.2 Å². The highest BCUT2D eigenvalue weighted by Gasteiger charge is 2.38. The molecule has 0 saturated carbocycles. The fourth-order valence-electron chi connectivity index (χ4n) is 13.0. The van der Waals surface area contributed by atoms with Crippen molar-refractivity contribution in [1.82, 2.24) is 78.3 Å². The van der Waals surface area contributed by atoms with Crippen LogP contribution in [0.5, 0.6) is 0 Å².